The van der Waals surface area contributed by atoms with E-state index >= 15 is 0 Å². The molecule has 3 aromatic rings. The molecule has 1 aliphatic carbocycles. The van der Waals surface area contributed by atoms with Gasteiger partial charge in [-0.3, -0.25) is 19.7 Å². The van der Waals surface area contributed by atoms with Gasteiger partial charge in [0, 0.05) is 42.7 Å². The van der Waals surface area contributed by atoms with E-state index in [2.05, 4.69) is 14.8 Å². The molecule has 1 saturated carbocycles. The van der Waals surface area contributed by atoms with Gasteiger partial charge in [0.25, 0.3) is 5.69 Å². The highest BCUT2D eigenvalue weighted by atomic mass is 32.2. The van der Waals surface area contributed by atoms with Crippen LogP contribution in [0.5, 0.6) is 0 Å². The van der Waals surface area contributed by atoms with Gasteiger partial charge >= 0.3 is 5.69 Å². The maximum Gasteiger partial charge on any atom is 0.346 e. The van der Waals surface area contributed by atoms with Gasteiger partial charge in [-0.2, -0.15) is 0 Å². The Labute approximate surface area is 171 Å². The van der Waals surface area contributed by atoms with Crippen molar-refractivity contribution in [2.75, 3.05) is 6.54 Å². The minimum atomic E-state index is -3.88. The lowest BCUT2D eigenvalue weighted by Gasteiger charge is -2.06. The van der Waals surface area contributed by atoms with Crippen LogP contribution in [0.4, 0.5) is 5.69 Å². The molecule has 12 heteroatoms. The first-order chi connectivity index (χ1) is 14.4. The van der Waals surface area contributed by atoms with Crippen LogP contribution in [0.15, 0.2) is 58.5 Å². The Morgan fingerprint density at radius 1 is 1.20 bits per heavy atom. The van der Waals surface area contributed by atoms with Crippen molar-refractivity contribution < 1.29 is 13.3 Å². The highest BCUT2D eigenvalue weighted by Crippen LogP contribution is 2.36. The number of nitro benzene ring substituents is 1. The van der Waals surface area contributed by atoms with E-state index in [9.17, 15) is 23.3 Å². The Kier molecular flexibility index (Phi) is 5.18. The summed E-state index contributed by atoms with van der Waals surface area (Å²) < 4.78 is 30.1. The number of pyridine rings is 1. The highest BCUT2D eigenvalue weighted by Gasteiger charge is 2.30. The maximum atomic E-state index is 12.8. The summed E-state index contributed by atoms with van der Waals surface area (Å²) in [6.07, 6.45) is 5.05. The fraction of sp³-hybridized carbons (Fsp3) is 0.278. The molecule has 0 amide bonds. The van der Waals surface area contributed by atoms with Gasteiger partial charge in [-0.05, 0) is 37.1 Å². The lowest BCUT2D eigenvalue weighted by atomic mass is 10.3. The second-order valence-corrected chi connectivity index (χ2v) is 8.59. The van der Waals surface area contributed by atoms with Gasteiger partial charge in [0.2, 0.25) is 10.0 Å². The van der Waals surface area contributed by atoms with E-state index in [1.54, 1.807) is 23.0 Å². The second-order valence-electron chi connectivity index (χ2n) is 6.82. The van der Waals surface area contributed by atoms with Crippen molar-refractivity contribution in [1.82, 2.24) is 24.1 Å². The van der Waals surface area contributed by atoms with Crippen LogP contribution < -0.4 is 10.4 Å². The van der Waals surface area contributed by atoms with E-state index in [0.29, 0.717) is 11.4 Å². The number of nitro groups is 1. The number of non-ortho nitro benzene ring substituents is 1. The summed E-state index contributed by atoms with van der Waals surface area (Å²) in [5, 5.41) is 15.1. The standard InChI is InChI=1S/C18H18N6O5S/c25-18-22(21-17(23(18)14-3-4-14)13-2-1-9-19-12-13)11-10-20-30(28,29)16-7-5-15(6-8-16)24(26)27/h1-2,5-9,12,14,20H,3-4,10-11H2. The number of hydrogen-bond acceptors (Lipinski definition) is 7. The van der Waals surface area contributed by atoms with E-state index in [-0.39, 0.29) is 35.4 Å². The molecule has 1 aliphatic rings. The van der Waals surface area contributed by atoms with Crippen molar-refractivity contribution in [3.8, 4) is 11.4 Å². The molecule has 0 unspecified atom stereocenters. The summed E-state index contributed by atoms with van der Waals surface area (Å²) in [5.74, 6) is 0.508. The Morgan fingerprint density at radius 3 is 2.53 bits per heavy atom. The summed E-state index contributed by atoms with van der Waals surface area (Å²) >= 11 is 0. The molecule has 2 heterocycles. The number of nitrogens with zero attached hydrogens (tertiary/aromatic N) is 5. The maximum absolute atomic E-state index is 12.8. The van der Waals surface area contributed by atoms with Gasteiger partial charge in [-0.1, -0.05) is 0 Å². The van der Waals surface area contributed by atoms with E-state index < -0.39 is 14.9 Å². The zero-order valence-corrected chi connectivity index (χ0v) is 16.5. The summed E-state index contributed by atoms with van der Waals surface area (Å²) in [6.45, 7) is -0.0224. The largest absolute Gasteiger partial charge is 0.346 e. The number of aromatic nitrogens is 4. The Morgan fingerprint density at radius 2 is 1.93 bits per heavy atom. The molecule has 0 aliphatic heterocycles. The smallest absolute Gasteiger partial charge is 0.272 e. The van der Waals surface area contributed by atoms with Gasteiger partial charge in [-0.25, -0.2) is 22.6 Å². The van der Waals surface area contributed by atoms with Crippen molar-refractivity contribution in [3.63, 3.8) is 0 Å². The van der Waals surface area contributed by atoms with Crippen LogP contribution >= 0.6 is 0 Å². The quantitative estimate of drug-likeness (QED) is 0.419. The van der Waals surface area contributed by atoms with Crippen molar-refractivity contribution in [2.45, 2.75) is 30.3 Å². The molecule has 4 rings (SSSR count). The molecule has 0 atom stereocenters. The third-order valence-corrected chi connectivity index (χ3v) is 6.15. The van der Waals surface area contributed by atoms with Crippen molar-refractivity contribution in [3.05, 3.63) is 69.4 Å². The van der Waals surface area contributed by atoms with Crippen LogP contribution in [0.1, 0.15) is 18.9 Å². The lowest BCUT2D eigenvalue weighted by molar-refractivity contribution is -0.384. The lowest BCUT2D eigenvalue weighted by Crippen LogP contribution is -2.32. The van der Waals surface area contributed by atoms with Gasteiger partial charge in [0.05, 0.1) is 16.4 Å². The van der Waals surface area contributed by atoms with E-state index in [0.717, 1.165) is 37.1 Å². The zero-order chi connectivity index (χ0) is 21.3. The summed E-state index contributed by atoms with van der Waals surface area (Å²) in [4.78, 5) is 26.8. The van der Waals surface area contributed by atoms with E-state index in [1.165, 1.54) is 4.68 Å². The molecule has 0 saturated heterocycles. The van der Waals surface area contributed by atoms with Crippen LogP contribution in [-0.2, 0) is 16.6 Å². The van der Waals surface area contributed by atoms with E-state index in [1.807, 2.05) is 6.07 Å². The van der Waals surface area contributed by atoms with Crippen LogP contribution in [0.2, 0.25) is 0 Å². The van der Waals surface area contributed by atoms with Crippen molar-refractivity contribution in [2.24, 2.45) is 0 Å². The van der Waals surface area contributed by atoms with Gasteiger partial charge in [0.15, 0.2) is 5.82 Å². The van der Waals surface area contributed by atoms with Crippen molar-refractivity contribution >= 4 is 15.7 Å². The molecule has 156 valence electrons. The van der Waals surface area contributed by atoms with E-state index in [4.69, 9.17) is 0 Å². The van der Waals surface area contributed by atoms with Gasteiger partial charge < -0.3 is 0 Å². The fourth-order valence-corrected chi connectivity index (χ4v) is 4.06. The van der Waals surface area contributed by atoms with Crippen molar-refractivity contribution in [1.29, 1.82) is 0 Å². The van der Waals surface area contributed by atoms with Crippen LogP contribution in [-0.4, -0.2) is 39.2 Å². The topological polar surface area (TPSA) is 142 Å². The van der Waals surface area contributed by atoms with Crippen LogP contribution in [0, 0.1) is 10.1 Å². The molecule has 0 bridgehead atoms. The van der Waals surface area contributed by atoms with Gasteiger partial charge in [-0.15, -0.1) is 5.10 Å². The average Bonchev–Trinajstić information content (AvgIpc) is 3.52. The minimum absolute atomic E-state index is 0.0397. The molecular weight excluding hydrogens is 412 g/mol. The number of sulfonamides is 1. The average molecular weight is 430 g/mol. The molecule has 2 aromatic heterocycles. The predicted octanol–water partition coefficient (Wildman–Crippen LogP) is 1.33. The first-order valence-electron chi connectivity index (χ1n) is 9.21. The number of hydrogen-bond donors (Lipinski definition) is 1. The second kappa shape index (κ2) is 7.80. The highest BCUT2D eigenvalue weighted by molar-refractivity contribution is 7.89. The normalized spacial score (nSPS) is 14.0. The molecular formula is C18H18N6O5S. The van der Waals surface area contributed by atoms with Gasteiger partial charge in [0.1, 0.15) is 0 Å². The monoisotopic (exact) mass is 430 g/mol. The zero-order valence-electron chi connectivity index (χ0n) is 15.7. The molecule has 0 spiro atoms. The molecule has 1 N–H and O–H groups in total. The third kappa shape index (κ3) is 4.00. The molecule has 30 heavy (non-hydrogen) atoms. The Balaban J connectivity index is 1.50. The summed E-state index contributed by atoms with van der Waals surface area (Å²) in [5.41, 5.74) is 0.214. The number of nitrogens with one attached hydrogen (secondary N) is 1. The van der Waals surface area contributed by atoms with Crippen LogP contribution in [0.25, 0.3) is 11.4 Å². The summed E-state index contributed by atoms with van der Waals surface area (Å²) in [6, 6.07) is 8.24. The third-order valence-electron chi connectivity index (χ3n) is 4.68. The molecule has 1 aromatic carbocycles. The molecule has 11 nitrogen and oxygen atoms in total. The predicted molar refractivity (Wildman–Crippen MR) is 106 cm³/mol. The van der Waals surface area contributed by atoms with Crippen LogP contribution in [0.3, 0.4) is 0 Å². The Hall–Kier alpha value is -3.38. The first-order valence-corrected chi connectivity index (χ1v) is 10.7. The fourth-order valence-electron chi connectivity index (χ4n) is 3.04. The molecule has 1 fully saturated rings. The first kappa shape index (κ1) is 19.9. The summed E-state index contributed by atoms with van der Waals surface area (Å²) in [7, 11) is -3.88. The SMILES string of the molecule is O=c1n(CCNS(=O)(=O)c2ccc([N+](=O)[O-])cc2)nc(-c2cccnc2)n1C1CC1. The number of rotatable bonds is 8. The minimum Gasteiger partial charge on any atom is -0.272 e. The number of benzene rings is 1. The molecule has 0 radical (unpaired) electrons. The Bertz CT molecular complexity index is 1230.